The summed E-state index contributed by atoms with van der Waals surface area (Å²) < 4.78 is 1.62. The zero-order chi connectivity index (χ0) is 19.2. The van der Waals surface area contributed by atoms with Crippen LogP contribution in [0.25, 0.3) is 0 Å². The van der Waals surface area contributed by atoms with Crippen molar-refractivity contribution in [2.24, 2.45) is 0 Å². The maximum atomic E-state index is 12.9. The highest BCUT2D eigenvalue weighted by Crippen LogP contribution is 2.13. The summed E-state index contributed by atoms with van der Waals surface area (Å²) >= 11 is 0. The van der Waals surface area contributed by atoms with Crippen molar-refractivity contribution < 1.29 is 9.59 Å². The van der Waals surface area contributed by atoms with E-state index in [-0.39, 0.29) is 30.4 Å². The predicted octanol–water partition coefficient (Wildman–Crippen LogP) is 0.565. The molecule has 0 aromatic carbocycles. The molecule has 1 aromatic heterocycles. The highest BCUT2D eigenvalue weighted by Gasteiger charge is 2.27. The zero-order valence-corrected chi connectivity index (χ0v) is 16.4. The van der Waals surface area contributed by atoms with E-state index in [0.717, 1.165) is 25.3 Å². The highest BCUT2D eigenvalue weighted by molar-refractivity contribution is 5.79. The molecule has 27 heavy (non-hydrogen) atoms. The molecule has 1 unspecified atom stereocenters. The molecule has 3 heterocycles. The number of hydrogen-bond acceptors (Lipinski definition) is 6. The van der Waals surface area contributed by atoms with Gasteiger partial charge in [-0.3, -0.25) is 14.5 Å². The van der Waals surface area contributed by atoms with Gasteiger partial charge in [-0.05, 0) is 56.6 Å². The number of tetrazole rings is 1. The molecule has 2 amide bonds. The topological polar surface area (TPSA) is 96.2 Å². The number of nitrogens with zero attached hydrogens (tertiary/aromatic N) is 6. The van der Waals surface area contributed by atoms with Crippen LogP contribution in [0.2, 0.25) is 0 Å². The lowest BCUT2D eigenvalue weighted by atomic mass is 10.2. The van der Waals surface area contributed by atoms with Crippen LogP contribution in [0.5, 0.6) is 0 Å². The average molecular weight is 377 g/mol. The average Bonchev–Trinajstić information content (AvgIpc) is 3.14. The Morgan fingerprint density at radius 3 is 2.63 bits per heavy atom. The van der Waals surface area contributed by atoms with Crippen molar-refractivity contribution in [3.05, 3.63) is 5.82 Å². The van der Waals surface area contributed by atoms with Gasteiger partial charge in [0.1, 0.15) is 6.54 Å². The Balaban J connectivity index is 1.60. The molecule has 0 bridgehead atoms. The van der Waals surface area contributed by atoms with Crippen molar-refractivity contribution in [1.82, 2.24) is 35.3 Å². The third-order valence-corrected chi connectivity index (χ3v) is 5.40. The number of aromatic nitrogens is 4. The molecule has 2 aliphatic rings. The molecule has 0 spiro atoms. The first-order valence-corrected chi connectivity index (χ1v) is 10.1. The number of rotatable bonds is 7. The summed E-state index contributed by atoms with van der Waals surface area (Å²) in [5.74, 6) is 0.787. The van der Waals surface area contributed by atoms with Gasteiger partial charge >= 0.3 is 0 Å². The molecule has 2 saturated heterocycles. The van der Waals surface area contributed by atoms with Crippen molar-refractivity contribution in [3.8, 4) is 0 Å². The van der Waals surface area contributed by atoms with Gasteiger partial charge in [-0.2, -0.15) is 0 Å². The molecule has 2 aliphatic heterocycles. The summed E-state index contributed by atoms with van der Waals surface area (Å²) in [7, 11) is 0. The minimum absolute atomic E-state index is 0.0180. The molecule has 1 aromatic rings. The maximum absolute atomic E-state index is 12.9. The monoisotopic (exact) mass is 377 g/mol. The minimum Gasteiger partial charge on any atom is -0.352 e. The summed E-state index contributed by atoms with van der Waals surface area (Å²) in [5.41, 5.74) is 0. The molecule has 0 radical (unpaired) electrons. The second kappa shape index (κ2) is 9.25. The van der Waals surface area contributed by atoms with Gasteiger partial charge in [-0.25, -0.2) is 4.68 Å². The van der Waals surface area contributed by atoms with Gasteiger partial charge in [0.25, 0.3) is 0 Å². The molecule has 0 aliphatic carbocycles. The maximum Gasteiger partial charge on any atom is 0.244 e. The second-order valence-electron chi connectivity index (χ2n) is 7.89. The van der Waals surface area contributed by atoms with Gasteiger partial charge in [0.15, 0.2) is 5.82 Å². The summed E-state index contributed by atoms with van der Waals surface area (Å²) in [6.45, 7) is 7.45. The number of likely N-dealkylation sites (tertiary alicyclic amines) is 1. The van der Waals surface area contributed by atoms with Crippen LogP contribution in [-0.4, -0.2) is 73.5 Å². The Kier molecular flexibility index (Phi) is 6.76. The lowest BCUT2D eigenvalue weighted by Crippen LogP contribution is -2.46. The van der Waals surface area contributed by atoms with E-state index in [1.807, 2.05) is 18.7 Å². The van der Waals surface area contributed by atoms with Gasteiger partial charge in [0.05, 0.1) is 6.54 Å². The molecular formula is C18H31N7O2. The standard InChI is InChI=1S/C18H31N7O2/c1-14(2)24(11-15-7-8-17(26)19-15)18(27)13-25-16(20-21-22-25)12-23-9-5-3-4-6-10-23/h14-15H,3-13H2,1-2H3,(H,19,26). The highest BCUT2D eigenvalue weighted by atomic mass is 16.2. The Labute approximate surface area is 160 Å². The normalized spacial score (nSPS) is 21.3. The van der Waals surface area contributed by atoms with Crippen molar-refractivity contribution in [2.45, 2.75) is 77.5 Å². The fourth-order valence-electron chi connectivity index (χ4n) is 3.82. The molecular weight excluding hydrogens is 346 g/mol. The van der Waals surface area contributed by atoms with Gasteiger partial charge in [-0.1, -0.05) is 12.8 Å². The first-order chi connectivity index (χ1) is 13.0. The zero-order valence-electron chi connectivity index (χ0n) is 16.4. The molecule has 150 valence electrons. The van der Waals surface area contributed by atoms with E-state index in [0.29, 0.717) is 19.5 Å². The fraction of sp³-hybridized carbons (Fsp3) is 0.833. The summed E-state index contributed by atoms with van der Waals surface area (Å²) in [6, 6.07) is 0.0924. The molecule has 9 heteroatoms. The predicted molar refractivity (Wildman–Crippen MR) is 99.6 cm³/mol. The van der Waals surface area contributed by atoms with Crippen molar-refractivity contribution in [1.29, 1.82) is 0 Å². The summed E-state index contributed by atoms with van der Waals surface area (Å²) in [4.78, 5) is 28.5. The van der Waals surface area contributed by atoms with E-state index >= 15 is 0 Å². The fourth-order valence-corrected chi connectivity index (χ4v) is 3.82. The van der Waals surface area contributed by atoms with Crippen molar-refractivity contribution in [2.75, 3.05) is 19.6 Å². The minimum atomic E-state index is -0.0180. The molecule has 9 nitrogen and oxygen atoms in total. The van der Waals surface area contributed by atoms with Gasteiger partial charge in [-0.15, -0.1) is 5.10 Å². The van der Waals surface area contributed by atoms with Crippen LogP contribution in [-0.2, 0) is 22.7 Å². The van der Waals surface area contributed by atoms with E-state index in [4.69, 9.17) is 0 Å². The quantitative estimate of drug-likeness (QED) is 0.746. The SMILES string of the molecule is CC(C)N(CC1CCC(=O)N1)C(=O)Cn1nnnc1CN1CCCCCC1. The van der Waals surface area contributed by atoms with Crippen molar-refractivity contribution >= 4 is 11.8 Å². The van der Waals surface area contributed by atoms with Gasteiger partial charge < -0.3 is 10.2 Å². The molecule has 2 fully saturated rings. The Hall–Kier alpha value is -2.03. The second-order valence-corrected chi connectivity index (χ2v) is 7.89. The molecule has 0 saturated carbocycles. The third-order valence-electron chi connectivity index (χ3n) is 5.40. The summed E-state index contributed by atoms with van der Waals surface area (Å²) in [5, 5.41) is 14.9. The first kappa shape index (κ1) is 19.7. The van der Waals surface area contributed by atoms with Crippen LogP contribution in [0.1, 0.15) is 58.2 Å². The van der Waals surface area contributed by atoms with Crippen LogP contribution >= 0.6 is 0 Å². The number of carbonyl (C=O) groups is 2. The Morgan fingerprint density at radius 2 is 2.00 bits per heavy atom. The molecule has 1 N–H and O–H groups in total. The number of nitrogens with one attached hydrogen (secondary N) is 1. The van der Waals surface area contributed by atoms with Crippen LogP contribution in [0.4, 0.5) is 0 Å². The number of hydrogen-bond donors (Lipinski definition) is 1. The van der Waals surface area contributed by atoms with Crippen molar-refractivity contribution in [3.63, 3.8) is 0 Å². The van der Waals surface area contributed by atoms with Crippen LogP contribution in [0, 0.1) is 0 Å². The Bertz CT molecular complexity index is 637. The lowest BCUT2D eigenvalue weighted by molar-refractivity contribution is -0.134. The van der Waals surface area contributed by atoms with Crippen LogP contribution in [0.3, 0.4) is 0 Å². The van der Waals surface area contributed by atoms with Gasteiger partial charge in [0, 0.05) is 25.0 Å². The van der Waals surface area contributed by atoms with E-state index in [2.05, 4.69) is 25.7 Å². The van der Waals surface area contributed by atoms with Crippen LogP contribution in [0.15, 0.2) is 0 Å². The molecule has 1 atom stereocenters. The lowest BCUT2D eigenvalue weighted by Gasteiger charge is -2.29. The Morgan fingerprint density at radius 1 is 1.26 bits per heavy atom. The first-order valence-electron chi connectivity index (χ1n) is 10.1. The summed E-state index contributed by atoms with van der Waals surface area (Å²) in [6.07, 6.45) is 6.28. The smallest absolute Gasteiger partial charge is 0.244 e. The van der Waals surface area contributed by atoms with E-state index < -0.39 is 0 Å². The van der Waals surface area contributed by atoms with E-state index in [1.54, 1.807) is 4.68 Å². The largest absolute Gasteiger partial charge is 0.352 e. The van der Waals surface area contributed by atoms with E-state index in [1.165, 1.54) is 25.7 Å². The number of amides is 2. The third kappa shape index (κ3) is 5.47. The van der Waals surface area contributed by atoms with Crippen LogP contribution < -0.4 is 5.32 Å². The van der Waals surface area contributed by atoms with Gasteiger partial charge in [0.2, 0.25) is 11.8 Å². The number of carbonyl (C=O) groups excluding carboxylic acids is 2. The van der Waals surface area contributed by atoms with E-state index in [9.17, 15) is 9.59 Å². The molecule has 3 rings (SSSR count).